The van der Waals surface area contributed by atoms with Crippen molar-refractivity contribution in [3.8, 4) is 0 Å². The number of ketones is 1. The molecule has 1 aromatic carbocycles. The van der Waals surface area contributed by atoms with Crippen molar-refractivity contribution in [3.05, 3.63) is 57.5 Å². The van der Waals surface area contributed by atoms with E-state index in [1.165, 1.54) is 11.8 Å². The third-order valence-electron chi connectivity index (χ3n) is 3.61. The van der Waals surface area contributed by atoms with Gasteiger partial charge in [0.15, 0.2) is 10.9 Å². The molecule has 0 fully saturated rings. The summed E-state index contributed by atoms with van der Waals surface area (Å²) in [6.07, 6.45) is 3.80. The van der Waals surface area contributed by atoms with Crippen molar-refractivity contribution in [2.45, 2.75) is 30.8 Å². The van der Waals surface area contributed by atoms with E-state index in [9.17, 15) is 9.59 Å². The molecule has 1 aliphatic carbocycles. The lowest BCUT2D eigenvalue weighted by Crippen LogP contribution is -2.21. The summed E-state index contributed by atoms with van der Waals surface area (Å²) in [5.74, 6) is 0.326. The molecule has 0 saturated heterocycles. The molecule has 0 saturated carbocycles. The van der Waals surface area contributed by atoms with Crippen LogP contribution in [0.1, 0.15) is 34.5 Å². The Labute approximate surface area is 127 Å². The molecular formula is C16H16N2O2S. The molecule has 1 aliphatic rings. The number of nitrogens with zero attached hydrogens (tertiary/aromatic N) is 1. The van der Waals surface area contributed by atoms with Crippen LogP contribution in [0.3, 0.4) is 0 Å². The maximum Gasteiger partial charge on any atom is 0.254 e. The van der Waals surface area contributed by atoms with E-state index < -0.39 is 0 Å². The van der Waals surface area contributed by atoms with Crippen LogP contribution in [0.5, 0.6) is 0 Å². The van der Waals surface area contributed by atoms with E-state index in [-0.39, 0.29) is 17.1 Å². The van der Waals surface area contributed by atoms with Gasteiger partial charge in [-0.15, -0.1) is 0 Å². The van der Waals surface area contributed by atoms with Crippen molar-refractivity contribution in [3.63, 3.8) is 0 Å². The van der Waals surface area contributed by atoms with E-state index in [1.807, 2.05) is 18.2 Å². The number of hydrogen-bond donors (Lipinski definition) is 1. The SMILES string of the molecule is O=C(CSc1nc2c(c(=O)[nH]1)CCCC2)c1ccccc1. The minimum atomic E-state index is -0.0469. The third kappa shape index (κ3) is 3.24. The first-order chi connectivity index (χ1) is 10.2. The van der Waals surface area contributed by atoms with E-state index in [4.69, 9.17) is 0 Å². The summed E-state index contributed by atoms with van der Waals surface area (Å²) in [5.41, 5.74) is 2.36. The van der Waals surface area contributed by atoms with Crippen molar-refractivity contribution in [1.82, 2.24) is 9.97 Å². The predicted molar refractivity (Wildman–Crippen MR) is 83.0 cm³/mol. The van der Waals surface area contributed by atoms with Crippen molar-refractivity contribution in [1.29, 1.82) is 0 Å². The third-order valence-corrected chi connectivity index (χ3v) is 4.48. The maximum absolute atomic E-state index is 12.1. The highest BCUT2D eigenvalue weighted by molar-refractivity contribution is 7.99. The number of aromatic amines is 1. The lowest BCUT2D eigenvalue weighted by Gasteiger charge is -2.14. The van der Waals surface area contributed by atoms with E-state index >= 15 is 0 Å². The fraction of sp³-hybridized carbons (Fsp3) is 0.312. The van der Waals surface area contributed by atoms with Crippen LogP contribution in [-0.4, -0.2) is 21.5 Å². The van der Waals surface area contributed by atoms with Crippen molar-refractivity contribution in [2.24, 2.45) is 0 Å². The van der Waals surface area contributed by atoms with Gasteiger partial charge in [-0.3, -0.25) is 9.59 Å². The molecule has 0 spiro atoms. The number of nitrogens with one attached hydrogen (secondary N) is 1. The van der Waals surface area contributed by atoms with Gasteiger partial charge in [-0.25, -0.2) is 4.98 Å². The first kappa shape index (κ1) is 14.1. The number of Topliss-reactive ketones (excluding diaryl/α,β-unsaturated/α-hetero) is 1. The second kappa shape index (κ2) is 6.26. The highest BCUT2D eigenvalue weighted by atomic mass is 32.2. The van der Waals surface area contributed by atoms with Crippen LogP contribution in [0.15, 0.2) is 40.3 Å². The summed E-state index contributed by atoms with van der Waals surface area (Å²) in [4.78, 5) is 31.3. The highest BCUT2D eigenvalue weighted by Gasteiger charge is 2.16. The Balaban J connectivity index is 1.73. The van der Waals surface area contributed by atoms with Gasteiger partial charge in [0.2, 0.25) is 0 Å². The van der Waals surface area contributed by atoms with Crippen LogP contribution in [0.2, 0.25) is 0 Å². The average Bonchev–Trinajstić information content (AvgIpc) is 2.53. The number of fused-ring (bicyclic) bond motifs is 1. The summed E-state index contributed by atoms with van der Waals surface area (Å²) < 4.78 is 0. The van der Waals surface area contributed by atoms with Crippen molar-refractivity contribution < 1.29 is 4.79 Å². The van der Waals surface area contributed by atoms with Crippen LogP contribution in [0, 0.1) is 0 Å². The predicted octanol–water partition coefficient (Wildman–Crippen LogP) is 2.62. The Morgan fingerprint density at radius 2 is 1.95 bits per heavy atom. The molecule has 0 amide bonds. The van der Waals surface area contributed by atoms with Crippen molar-refractivity contribution >= 4 is 17.5 Å². The molecule has 0 aliphatic heterocycles. The molecule has 0 unspecified atom stereocenters. The van der Waals surface area contributed by atoms with Gasteiger partial charge in [0.25, 0.3) is 5.56 Å². The van der Waals surface area contributed by atoms with Crippen LogP contribution < -0.4 is 5.56 Å². The smallest absolute Gasteiger partial charge is 0.254 e. The second-order valence-electron chi connectivity index (χ2n) is 5.08. The minimum absolute atomic E-state index is 0.0426. The molecule has 3 rings (SSSR count). The molecule has 0 atom stereocenters. The van der Waals surface area contributed by atoms with Gasteiger partial charge in [-0.05, 0) is 25.7 Å². The van der Waals surface area contributed by atoms with Gasteiger partial charge >= 0.3 is 0 Å². The standard InChI is InChI=1S/C16H16N2O2S/c19-14(11-6-2-1-3-7-11)10-21-16-17-13-9-5-4-8-12(13)15(20)18-16/h1-3,6-7H,4-5,8-10H2,(H,17,18,20). The van der Waals surface area contributed by atoms with Crippen LogP contribution in [-0.2, 0) is 12.8 Å². The number of benzene rings is 1. The summed E-state index contributed by atoms with van der Waals surface area (Å²) in [7, 11) is 0. The quantitative estimate of drug-likeness (QED) is 0.535. The molecule has 1 heterocycles. The monoisotopic (exact) mass is 300 g/mol. The summed E-state index contributed by atoms with van der Waals surface area (Å²) >= 11 is 1.29. The topological polar surface area (TPSA) is 62.8 Å². The summed E-state index contributed by atoms with van der Waals surface area (Å²) in [5, 5.41) is 0.546. The normalized spacial score (nSPS) is 13.7. The zero-order chi connectivity index (χ0) is 14.7. The van der Waals surface area contributed by atoms with E-state index in [1.54, 1.807) is 12.1 Å². The number of carbonyl (C=O) groups excluding carboxylic acids is 1. The molecule has 5 heteroatoms. The fourth-order valence-electron chi connectivity index (χ4n) is 2.49. The molecule has 1 N–H and O–H groups in total. The minimum Gasteiger partial charge on any atom is -0.301 e. The number of aryl methyl sites for hydroxylation is 1. The molecule has 21 heavy (non-hydrogen) atoms. The number of carbonyl (C=O) groups is 1. The van der Waals surface area contributed by atoms with Gasteiger partial charge in [0, 0.05) is 11.1 Å². The van der Waals surface area contributed by atoms with Crippen LogP contribution in [0.25, 0.3) is 0 Å². The molecule has 0 radical (unpaired) electrons. The lowest BCUT2D eigenvalue weighted by molar-refractivity contribution is 0.102. The van der Waals surface area contributed by atoms with Crippen molar-refractivity contribution in [2.75, 3.05) is 5.75 Å². The number of aromatic nitrogens is 2. The van der Waals surface area contributed by atoms with Crippen LogP contribution in [0.4, 0.5) is 0 Å². The number of thioether (sulfide) groups is 1. The van der Waals surface area contributed by atoms with E-state index in [2.05, 4.69) is 9.97 Å². The van der Waals surface area contributed by atoms with Gasteiger partial charge in [0.1, 0.15) is 0 Å². The molecular weight excluding hydrogens is 284 g/mol. The maximum atomic E-state index is 12.1. The molecule has 1 aromatic heterocycles. The second-order valence-corrected chi connectivity index (χ2v) is 6.05. The number of hydrogen-bond acceptors (Lipinski definition) is 4. The zero-order valence-electron chi connectivity index (χ0n) is 11.6. The summed E-state index contributed by atoms with van der Waals surface area (Å²) in [6, 6.07) is 9.16. The fourth-order valence-corrected chi connectivity index (χ4v) is 3.26. The highest BCUT2D eigenvalue weighted by Crippen LogP contribution is 2.20. The lowest BCUT2D eigenvalue weighted by atomic mass is 9.97. The molecule has 0 bridgehead atoms. The summed E-state index contributed by atoms with van der Waals surface area (Å²) in [6.45, 7) is 0. The molecule has 2 aromatic rings. The molecule has 108 valence electrons. The Kier molecular flexibility index (Phi) is 4.20. The largest absolute Gasteiger partial charge is 0.301 e. The first-order valence-corrected chi connectivity index (χ1v) is 8.06. The Hall–Kier alpha value is -1.88. The zero-order valence-corrected chi connectivity index (χ0v) is 12.4. The van der Waals surface area contributed by atoms with Gasteiger partial charge in [-0.1, -0.05) is 42.1 Å². The Morgan fingerprint density at radius 1 is 1.19 bits per heavy atom. The van der Waals surface area contributed by atoms with E-state index in [0.29, 0.717) is 10.7 Å². The first-order valence-electron chi connectivity index (χ1n) is 7.07. The number of rotatable bonds is 4. The Bertz CT molecular complexity index is 710. The Morgan fingerprint density at radius 3 is 2.76 bits per heavy atom. The van der Waals surface area contributed by atoms with Crippen LogP contribution >= 0.6 is 11.8 Å². The van der Waals surface area contributed by atoms with Gasteiger partial charge < -0.3 is 4.98 Å². The van der Waals surface area contributed by atoms with Gasteiger partial charge in [0.05, 0.1) is 11.4 Å². The molecule has 4 nitrogen and oxygen atoms in total. The average molecular weight is 300 g/mol. The number of H-pyrrole nitrogens is 1. The van der Waals surface area contributed by atoms with Gasteiger partial charge in [-0.2, -0.15) is 0 Å². The van der Waals surface area contributed by atoms with E-state index in [0.717, 1.165) is 36.9 Å².